The minimum atomic E-state index is -0.883. The molecule has 1 aromatic rings. The Morgan fingerprint density at radius 2 is 1.71 bits per heavy atom. The molecule has 0 radical (unpaired) electrons. The average Bonchev–Trinajstić information content (AvgIpc) is 2.94. The Bertz CT molecular complexity index is 480. The van der Waals surface area contributed by atoms with Crippen LogP contribution in [0.5, 0.6) is 5.75 Å². The molecule has 3 rings (SSSR count). The SMILES string of the molecule is Oc1c(F)cc(CN2CCC(N3CCCCC3)C2)cc1F. The molecule has 0 bridgehead atoms. The van der Waals surface area contributed by atoms with Gasteiger partial charge in [-0.05, 0) is 50.0 Å². The lowest BCUT2D eigenvalue weighted by molar-refractivity contribution is 0.161. The molecule has 1 atom stereocenters. The normalized spacial score (nSPS) is 24.6. The third-order valence-corrected chi connectivity index (χ3v) is 4.64. The second-order valence-electron chi connectivity index (χ2n) is 6.18. The fourth-order valence-electron chi connectivity index (χ4n) is 3.50. The van der Waals surface area contributed by atoms with Gasteiger partial charge in [-0.15, -0.1) is 0 Å². The van der Waals surface area contributed by atoms with E-state index in [1.54, 1.807) is 0 Å². The van der Waals surface area contributed by atoms with Crippen molar-refractivity contribution in [2.75, 3.05) is 26.2 Å². The lowest BCUT2D eigenvalue weighted by atomic mass is 10.1. The summed E-state index contributed by atoms with van der Waals surface area (Å²) in [6, 6.07) is 3.04. The van der Waals surface area contributed by atoms with Crippen molar-refractivity contribution in [2.45, 2.75) is 38.3 Å². The number of phenolic OH excluding ortho intramolecular Hbond substituents is 1. The van der Waals surface area contributed by atoms with Crippen molar-refractivity contribution in [3.8, 4) is 5.75 Å². The molecule has 21 heavy (non-hydrogen) atoms. The molecule has 0 aliphatic carbocycles. The summed E-state index contributed by atoms with van der Waals surface area (Å²) < 4.78 is 26.7. The Hall–Kier alpha value is -1.20. The summed E-state index contributed by atoms with van der Waals surface area (Å²) in [6.45, 7) is 4.83. The zero-order valence-electron chi connectivity index (χ0n) is 12.2. The van der Waals surface area contributed by atoms with E-state index in [1.165, 1.54) is 44.5 Å². The van der Waals surface area contributed by atoms with Gasteiger partial charge in [0.05, 0.1) is 0 Å². The maximum Gasteiger partial charge on any atom is 0.187 e. The van der Waals surface area contributed by atoms with Gasteiger partial charge < -0.3 is 5.11 Å². The maximum atomic E-state index is 13.4. The summed E-state index contributed by atoms with van der Waals surface area (Å²) in [6.07, 6.45) is 5.03. The number of rotatable bonds is 3. The van der Waals surface area contributed by atoms with E-state index in [0.29, 0.717) is 18.2 Å². The van der Waals surface area contributed by atoms with Crippen LogP contribution < -0.4 is 0 Å². The molecular weight excluding hydrogens is 274 g/mol. The standard InChI is InChI=1S/C16H22F2N2O/c17-14-8-12(9-15(18)16(14)21)10-19-7-4-13(11-19)20-5-2-1-3-6-20/h8-9,13,21H,1-7,10-11H2. The minimum absolute atomic E-state index is 0.540. The lowest BCUT2D eigenvalue weighted by Crippen LogP contribution is -2.40. The van der Waals surface area contributed by atoms with Crippen LogP contribution >= 0.6 is 0 Å². The quantitative estimate of drug-likeness (QED) is 0.929. The molecule has 1 aromatic carbocycles. The molecule has 1 unspecified atom stereocenters. The van der Waals surface area contributed by atoms with Crippen molar-refractivity contribution >= 4 is 0 Å². The predicted molar refractivity (Wildman–Crippen MR) is 77.1 cm³/mol. The smallest absolute Gasteiger partial charge is 0.187 e. The van der Waals surface area contributed by atoms with Gasteiger partial charge in [0.25, 0.3) is 0 Å². The van der Waals surface area contributed by atoms with Gasteiger partial charge in [0.1, 0.15) is 0 Å². The van der Waals surface area contributed by atoms with Crippen LogP contribution in [0.15, 0.2) is 12.1 Å². The molecule has 3 nitrogen and oxygen atoms in total. The van der Waals surface area contributed by atoms with Gasteiger partial charge in [-0.3, -0.25) is 9.80 Å². The Labute approximate surface area is 124 Å². The van der Waals surface area contributed by atoms with Gasteiger partial charge >= 0.3 is 0 Å². The third-order valence-electron chi connectivity index (χ3n) is 4.64. The molecule has 116 valence electrons. The van der Waals surface area contributed by atoms with Gasteiger partial charge in [0, 0.05) is 25.7 Å². The van der Waals surface area contributed by atoms with Gasteiger partial charge in [-0.2, -0.15) is 0 Å². The molecule has 0 saturated carbocycles. The van der Waals surface area contributed by atoms with Crippen LogP contribution in [-0.2, 0) is 6.54 Å². The first-order valence-corrected chi connectivity index (χ1v) is 7.77. The number of benzene rings is 1. The first-order valence-electron chi connectivity index (χ1n) is 7.77. The third kappa shape index (κ3) is 3.35. The Balaban J connectivity index is 1.59. The van der Waals surface area contributed by atoms with Crippen molar-refractivity contribution in [3.05, 3.63) is 29.3 Å². The number of phenols is 1. The molecule has 2 saturated heterocycles. The average molecular weight is 296 g/mol. The summed E-state index contributed by atoms with van der Waals surface area (Å²) in [7, 11) is 0. The molecular formula is C16H22F2N2O. The van der Waals surface area contributed by atoms with Crippen LogP contribution in [0.3, 0.4) is 0 Å². The minimum Gasteiger partial charge on any atom is -0.503 e. The van der Waals surface area contributed by atoms with Crippen molar-refractivity contribution in [3.63, 3.8) is 0 Å². The Morgan fingerprint density at radius 1 is 1.05 bits per heavy atom. The number of halogens is 2. The molecule has 2 fully saturated rings. The fraction of sp³-hybridized carbons (Fsp3) is 0.625. The van der Waals surface area contributed by atoms with Crippen molar-refractivity contribution in [2.24, 2.45) is 0 Å². The van der Waals surface area contributed by atoms with E-state index in [1.807, 2.05) is 0 Å². The van der Waals surface area contributed by atoms with Crippen LogP contribution in [0.1, 0.15) is 31.2 Å². The topological polar surface area (TPSA) is 26.7 Å². The zero-order valence-corrected chi connectivity index (χ0v) is 12.2. The Morgan fingerprint density at radius 3 is 2.38 bits per heavy atom. The zero-order chi connectivity index (χ0) is 14.8. The summed E-state index contributed by atoms with van der Waals surface area (Å²) in [5.74, 6) is -2.64. The highest BCUT2D eigenvalue weighted by molar-refractivity contribution is 5.30. The largest absolute Gasteiger partial charge is 0.503 e. The van der Waals surface area contributed by atoms with E-state index >= 15 is 0 Å². The van der Waals surface area contributed by atoms with Crippen LogP contribution in [0.2, 0.25) is 0 Å². The van der Waals surface area contributed by atoms with Crippen molar-refractivity contribution in [1.29, 1.82) is 0 Å². The first kappa shape index (κ1) is 14.7. The van der Waals surface area contributed by atoms with Crippen LogP contribution in [-0.4, -0.2) is 47.1 Å². The monoisotopic (exact) mass is 296 g/mol. The van der Waals surface area contributed by atoms with Crippen molar-refractivity contribution < 1.29 is 13.9 Å². The second-order valence-corrected chi connectivity index (χ2v) is 6.18. The summed E-state index contributed by atoms with van der Waals surface area (Å²) in [4.78, 5) is 4.80. The van der Waals surface area contributed by atoms with E-state index in [-0.39, 0.29) is 0 Å². The summed E-state index contributed by atoms with van der Waals surface area (Å²) in [5.41, 5.74) is 0.585. The van der Waals surface area contributed by atoms with Gasteiger partial charge in [-0.1, -0.05) is 6.42 Å². The van der Waals surface area contributed by atoms with E-state index in [2.05, 4.69) is 9.80 Å². The Kier molecular flexibility index (Phi) is 4.40. The van der Waals surface area contributed by atoms with Crippen LogP contribution in [0.4, 0.5) is 8.78 Å². The summed E-state index contributed by atoms with van der Waals surface area (Å²) >= 11 is 0. The number of likely N-dealkylation sites (tertiary alicyclic amines) is 2. The first-order chi connectivity index (χ1) is 10.1. The molecule has 2 aliphatic rings. The molecule has 2 heterocycles. The number of hydrogen-bond donors (Lipinski definition) is 1. The number of nitrogens with zero attached hydrogens (tertiary/aromatic N) is 2. The highest BCUT2D eigenvalue weighted by Gasteiger charge is 2.28. The molecule has 0 amide bonds. The van der Waals surface area contributed by atoms with Gasteiger partial charge in [-0.25, -0.2) is 8.78 Å². The summed E-state index contributed by atoms with van der Waals surface area (Å²) in [5, 5.41) is 9.13. The van der Waals surface area contributed by atoms with E-state index in [0.717, 1.165) is 19.5 Å². The number of hydrogen-bond acceptors (Lipinski definition) is 3. The molecule has 5 heteroatoms. The number of piperidine rings is 1. The van der Waals surface area contributed by atoms with E-state index in [9.17, 15) is 8.78 Å². The maximum absolute atomic E-state index is 13.4. The van der Waals surface area contributed by atoms with Gasteiger partial charge in [0.15, 0.2) is 17.4 Å². The molecule has 0 aromatic heterocycles. The highest BCUT2D eigenvalue weighted by atomic mass is 19.1. The number of aromatic hydroxyl groups is 1. The van der Waals surface area contributed by atoms with Crippen LogP contribution in [0.25, 0.3) is 0 Å². The molecule has 2 aliphatic heterocycles. The van der Waals surface area contributed by atoms with Crippen LogP contribution in [0, 0.1) is 11.6 Å². The molecule has 0 spiro atoms. The predicted octanol–water partition coefficient (Wildman–Crippen LogP) is 2.73. The fourth-order valence-corrected chi connectivity index (χ4v) is 3.50. The highest BCUT2D eigenvalue weighted by Crippen LogP contribution is 2.25. The lowest BCUT2D eigenvalue weighted by Gasteiger charge is -2.32. The molecule has 1 N–H and O–H groups in total. The van der Waals surface area contributed by atoms with E-state index < -0.39 is 17.4 Å². The van der Waals surface area contributed by atoms with Crippen molar-refractivity contribution in [1.82, 2.24) is 9.80 Å². The van der Waals surface area contributed by atoms with Gasteiger partial charge in [0.2, 0.25) is 0 Å². The second kappa shape index (κ2) is 6.28. The van der Waals surface area contributed by atoms with E-state index in [4.69, 9.17) is 5.11 Å².